The van der Waals surface area contributed by atoms with Crippen LogP contribution >= 0.6 is 0 Å². The lowest BCUT2D eigenvalue weighted by Gasteiger charge is -2.11. The van der Waals surface area contributed by atoms with Crippen LogP contribution in [0.1, 0.15) is 11.1 Å². The van der Waals surface area contributed by atoms with Gasteiger partial charge in [0.2, 0.25) is 0 Å². The van der Waals surface area contributed by atoms with Crippen molar-refractivity contribution in [1.29, 1.82) is 5.26 Å². The average molecular weight is 351 g/mol. The predicted octanol–water partition coefficient (Wildman–Crippen LogP) is 3.78. The Morgan fingerprint density at radius 2 is 1.88 bits per heavy atom. The number of rotatable bonds is 6. The molecule has 2 aromatic carbocycles. The topological polar surface area (TPSA) is 83.4 Å². The minimum Gasteiger partial charge on any atom is -0.497 e. The first-order valence-corrected chi connectivity index (χ1v) is 7.96. The van der Waals surface area contributed by atoms with Gasteiger partial charge in [-0.1, -0.05) is 12.1 Å². The third kappa shape index (κ3) is 4.33. The number of anilines is 2. The highest BCUT2D eigenvalue weighted by Crippen LogP contribution is 2.29. The molecule has 0 aliphatic heterocycles. The monoisotopic (exact) mass is 351 g/mol. The molecule has 2 N–H and O–H groups in total. The van der Waals surface area contributed by atoms with Gasteiger partial charge in [0.05, 0.1) is 19.9 Å². The molecule has 134 valence electrons. The summed E-state index contributed by atoms with van der Waals surface area (Å²) in [6.07, 6.45) is 1.35. The minimum absolute atomic E-state index is 0.0521. The summed E-state index contributed by atoms with van der Waals surface area (Å²) < 4.78 is 10.4. The van der Waals surface area contributed by atoms with Crippen LogP contribution in [-0.4, -0.2) is 20.1 Å². The van der Waals surface area contributed by atoms with Crippen LogP contribution in [0.25, 0.3) is 0 Å². The number of aryl methyl sites for hydroxylation is 1. The Morgan fingerprint density at radius 3 is 2.54 bits per heavy atom. The number of nitriles is 1. The van der Waals surface area contributed by atoms with Gasteiger partial charge in [0, 0.05) is 18.0 Å². The zero-order valence-corrected chi connectivity index (χ0v) is 15.2. The molecule has 0 heterocycles. The second-order valence-electron chi connectivity index (χ2n) is 5.58. The van der Waals surface area contributed by atoms with Crippen molar-refractivity contribution < 1.29 is 14.3 Å². The molecule has 0 aromatic heterocycles. The van der Waals surface area contributed by atoms with Gasteiger partial charge in [-0.05, 0) is 43.2 Å². The van der Waals surface area contributed by atoms with Gasteiger partial charge >= 0.3 is 0 Å². The van der Waals surface area contributed by atoms with Gasteiger partial charge < -0.3 is 20.1 Å². The molecule has 2 rings (SSSR count). The molecule has 1 amide bonds. The molecule has 6 nitrogen and oxygen atoms in total. The van der Waals surface area contributed by atoms with E-state index in [0.717, 1.165) is 11.1 Å². The number of amides is 1. The molecule has 0 fully saturated rings. The maximum atomic E-state index is 12.4. The zero-order valence-electron chi connectivity index (χ0n) is 15.2. The predicted molar refractivity (Wildman–Crippen MR) is 101 cm³/mol. The molecule has 0 bridgehead atoms. The molecule has 0 radical (unpaired) electrons. The fourth-order valence-corrected chi connectivity index (χ4v) is 2.29. The molecule has 26 heavy (non-hydrogen) atoms. The number of carbonyl (C=O) groups is 1. The molecular formula is C20H21N3O3. The zero-order chi connectivity index (χ0) is 19.1. The Bertz CT molecular complexity index is 882. The number of benzene rings is 2. The summed E-state index contributed by atoms with van der Waals surface area (Å²) in [5.41, 5.74) is 3.26. The highest BCUT2D eigenvalue weighted by molar-refractivity contribution is 6.07. The molecule has 2 aromatic rings. The van der Waals surface area contributed by atoms with Crippen molar-refractivity contribution in [2.45, 2.75) is 13.8 Å². The van der Waals surface area contributed by atoms with E-state index in [-0.39, 0.29) is 5.57 Å². The largest absolute Gasteiger partial charge is 0.497 e. The number of methoxy groups -OCH3 is 2. The molecule has 0 saturated heterocycles. The van der Waals surface area contributed by atoms with E-state index in [1.54, 1.807) is 31.4 Å². The van der Waals surface area contributed by atoms with Crippen molar-refractivity contribution in [3.8, 4) is 17.6 Å². The fraction of sp³-hybridized carbons (Fsp3) is 0.200. The SMILES string of the molecule is COc1ccc(N/C=C(/C#N)C(=O)Nc2cccc(C)c2C)c(OC)c1. The van der Waals surface area contributed by atoms with Crippen molar-refractivity contribution in [3.63, 3.8) is 0 Å². The second kappa shape index (κ2) is 8.58. The highest BCUT2D eigenvalue weighted by Gasteiger charge is 2.12. The van der Waals surface area contributed by atoms with E-state index in [1.807, 2.05) is 32.0 Å². The van der Waals surface area contributed by atoms with Gasteiger partial charge in [-0.3, -0.25) is 4.79 Å². The second-order valence-corrected chi connectivity index (χ2v) is 5.58. The van der Waals surface area contributed by atoms with Crippen LogP contribution in [0.15, 0.2) is 48.2 Å². The van der Waals surface area contributed by atoms with Crippen LogP contribution in [0.4, 0.5) is 11.4 Å². The summed E-state index contributed by atoms with van der Waals surface area (Å²) in [4.78, 5) is 12.4. The third-order valence-corrected chi connectivity index (χ3v) is 4.00. The normalized spacial score (nSPS) is 10.7. The van der Waals surface area contributed by atoms with E-state index in [2.05, 4.69) is 10.6 Å². The Kier molecular flexibility index (Phi) is 6.23. The first-order chi connectivity index (χ1) is 12.5. The van der Waals surface area contributed by atoms with Crippen LogP contribution in [0.3, 0.4) is 0 Å². The number of nitrogens with zero attached hydrogens (tertiary/aromatic N) is 1. The third-order valence-electron chi connectivity index (χ3n) is 4.00. The van der Waals surface area contributed by atoms with E-state index >= 15 is 0 Å². The van der Waals surface area contributed by atoms with E-state index in [0.29, 0.717) is 22.9 Å². The Hall–Kier alpha value is -3.46. The smallest absolute Gasteiger partial charge is 0.267 e. The summed E-state index contributed by atoms with van der Waals surface area (Å²) in [5, 5.41) is 15.0. The first kappa shape index (κ1) is 18.9. The number of nitrogens with one attached hydrogen (secondary N) is 2. The lowest BCUT2D eigenvalue weighted by molar-refractivity contribution is -0.112. The van der Waals surface area contributed by atoms with Gasteiger partial charge in [-0.25, -0.2) is 0 Å². The summed E-state index contributed by atoms with van der Waals surface area (Å²) >= 11 is 0. The van der Waals surface area contributed by atoms with Crippen molar-refractivity contribution in [2.75, 3.05) is 24.9 Å². The maximum absolute atomic E-state index is 12.4. The highest BCUT2D eigenvalue weighted by atomic mass is 16.5. The van der Waals surface area contributed by atoms with Crippen LogP contribution in [-0.2, 0) is 4.79 Å². The summed E-state index contributed by atoms with van der Waals surface area (Å²) in [5.74, 6) is 0.693. The van der Waals surface area contributed by atoms with Crippen LogP contribution in [0.5, 0.6) is 11.5 Å². The summed E-state index contributed by atoms with van der Waals surface area (Å²) in [6.45, 7) is 3.88. The molecule has 0 atom stereocenters. The van der Waals surface area contributed by atoms with Gasteiger partial charge in [-0.15, -0.1) is 0 Å². The molecular weight excluding hydrogens is 330 g/mol. The van der Waals surface area contributed by atoms with Gasteiger partial charge in [0.1, 0.15) is 23.1 Å². The minimum atomic E-state index is -0.485. The fourth-order valence-electron chi connectivity index (χ4n) is 2.29. The van der Waals surface area contributed by atoms with Gasteiger partial charge in [0.25, 0.3) is 5.91 Å². The molecule has 0 aliphatic rings. The van der Waals surface area contributed by atoms with Crippen LogP contribution in [0.2, 0.25) is 0 Å². The number of ether oxygens (including phenoxy) is 2. The number of carbonyl (C=O) groups excluding carboxylic acids is 1. The Labute approximate surface area is 153 Å². The van der Waals surface area contributed by atoms with Crippen molar-refractivity contribution >= 4 is 17.3 Å². The quantitative estimate of drug-likeness (QED) is 0.611. The molecule has 0 spiro atoms. The van der Waals surface area contributed by atoms with Gasteiger partial charge in [0.15, 0.2) is 0 Å². The average Bonchev–Trinajstić information content (AvgIpc) is 2.66. The molecule has 0 unspecified atom stereocenters. The van der Waals surface area contributed by atoms with Crippen LogP contribution < -0.4 is 20.1 Å². The summed E-state index contributed by atoms with van der Waals surface area (Å²) in [6, 6.07) is 12.7. The van der Waals surface area contributed by atoms with E-state index in [9.17, 15) is 10.1 Å². The lowest BCUT2D eigenvalue weighted by atomic mass is 10.1. The maximum Gasteiger partial charge on any atom is 0.267 e. The van der Waals surface area contributed by atoms with E-state index in [1.165, 1.54) is 13.3 Å². The number of hydrogen-bond acceptors (Lipinski definition) is 5. The standard InChI is InChI=1S/C20H21N3O3/c1-13-6-5-7-17(14(13)2)23-20(24)15(11-21)12-22-18-9-8-16(25-3)10-19(18)26-4/h5-10,12,22H,1-4H3,(H,23,24)/b15-12-. The number of hydrogen-bond donors (Lipinski definition) is 2. The first-order valence-electron chi connectivity index (χ1n) is 7.96. The van der Waals surface area contributed by atoms with Gasteiger partial charge in [-0.2, -0.15) is 5.26 Å². The van der Waals surface area contributed by atoms with E-state index in [4.69, 9.17) is 9.47 Å². The lowest BCUT2D eigenvalue weighted by Crippen LogP contribution is -2.15. The Morgan fingerprint density at radius 1 is 1.12 bits per heavy atom. The molecule has 0 saturated carbocycles. The molecule has 6 heteroatoms. The van der Waals surface area contributed by atoms with Crippen LogP contribution in [0, 0.1) is 25.2 Å². The van der Waals surface area contributed by atoms with Crippen molar-refractivity contribution in [2.24, 2.45) is 0 Å². The van der Waals surface area contributed by atoms with Crippen molar-refractivity contribution in [1.82, 2.24) is 0 Å². The molecule has 0 aliphatic carbocycles. The van der Waals surface area contributed by atoms with Crippen molar-refractivity contribution in [3.05, 3.63) is 59.3 Å². The Balaban J connectivity index is 2.19. The summed E-state index contributed by atoms with van der Waals surface area (Å²) in [7, 11) is 3.09. The van der Waals surface area contributed by atoms with E-state index < -0.39 is 5.91 Å².